The molecule has 0 heterocycles. The summed E-state index contributed by atoms with van der Waals surface area (Å²) in [6.07, 6.45) is 1.10. The summed E-state index contributed by atoms with van der Waals surface area (Å²) in [5, 5.41) is 0. The molecule has 0 N–H and O–H groups in total. The molecule has 0 aromatic rings. The summed E-state index contributed by atoms with van der Waals surface area (Å²) in [5.41, 5.74) is 0. The second-order valence-electron chi connectivity index (χ2n) is 0.776. The minimum absolute atomic E-state index is 0. The van der Waals surface area contributed by atoms with Crippen molar-refractivity contribution >= 4 is 5.97 Å². The molecule has 0 aromatic heterocycles. The number of hydrogen-bond acceptors (Lipinski definition) is 2. The molecule has 0 unspecified atom stereocenters. The van der Waals surface area contributed by atoms with Crippen molar-refractivity contribution in [3.63, 3.8) is 0 Å². The van der Waals surface area contributed by atoms with E-state index < -0.39 is 0 Å². The Hall–Kier alpha value is -0.0497. The second-order valence-corrected chi connectivity index (χ2v) is 0.776. The molecule has 7 heavy (non-hydrogen) atoms. The summed E-state index contributed by atoms with van der Waals surface area (Å²) >= 11 is 0. The Kier molecular flexibility index (Phi) is 8.54. The van der Waals surface area contributed by atoms with Crippen LogP contribution in [0.1, 0.15) is 6.92 Å². The van der Waals surface area contributed by atoms with Crippen LogP contribution in [0.15, 0.2) is 12.8 Å². The number of rotatable bonds is 1. The van der Waals surface area contributed by atoms with Crippen LogP contribution in [0.4, 0.5) is 0 Å². The van der Waals surface area contributed by atoms with Gasteiger partial charge in [0.25, 0.3) is 0 Å². The Balaban J connectivity index is 0. The van der Waals surface area contributed by atoms with Crippen LogP contribution in [0.25, 0.3) is 0 Å². The molecule has 0 rings (SSSR count). The van der Waals surface area contributed by atoms with Gasteiger partial charge >= 0.3 is 5.97 Å². The Bertz CT molecular complexity index is 70.1. The third kappa shape index (κ3) is 10.7. The van der Waals surface area contributed by atoms with Crippen molar-refractivity contribution < 1.29 is 31.9 Å². The zero-order chi connectivity index (χ0) is 4.99. The quantitative estimate of drug-likeness (QED) is 0.336. The number of carbonyl (C=O) groups excluding carboxylic acids is 1. The normalized spacial score (nSPS) is 5.86. The summed E-state index contributed by atoms with van der Waals surface area (Å²) < 4.78 is 4.17. The number of carbonyl (C=O) groups is 1. The van der Waals surface area contributed by atoms with Crippen LogP contribution in [0, 0.1) is 0 Å². The van der Waals surface area contributed by atoms with Gasteiger partial charge in [0.2, 0.25) is 0 Å². The molecule has 0 aliphatic carbocycles. The van der Waals surface area contributed by atoms with Crippen LogP contribution in [-0.4, -0.2) is 5.97 Å². The van der Waals surface area contributed by atoms with E-state index in [1.54, 1.807) is 0 Å². The Morgan fingerprint density at radius 1 is 1.86 bits per heavy atom. The van der Waals surface area contributed by atoms with E-state index in [1.165, 1.54) is 6.92 Å². The van der Waals surface area contributed by atoms with E-state index >= 15 is 0 Å². The van der Waals surface area contributed by atoms with Crippen molar-refractivity contribution in [1.82, 2.24) is 0 Å². The molecule has 0 saturated heterocycles. The fraction of sp³-hybridized carbons (Fsp3) is 0.250. The largest absolute Gasteiger partial charge is 0.435 e. The fourth-order valence-electron chi connectivity index (χ4n) is 0.117. The van der Waals surface area contributed by atoms with Gasteiger partial charge in [0.15, 0.2) is 0 Å². The first-order valence-electron chi connectivity index (χ1n) is 1.55. The van der Waals surface area contributed by atoms with Gasteiger partial charge in [-0.2, -0.15) is 0 Å². The van der Waals surface area contributed by atoms with Gasteiger partial charge in [0.05, 0.1) is 6.26 Å². The predicted octanol–water partition coefficient (Wildman–Crippen LogP) is 0.690. The van der Waals surface area contributed by atoms with Gasteiger partial charge < -0.3 is 4.74 Å². The molecule has 0 saturated carbocycles. The molecule has 0 spiro atoms. The molecule has 0 aliphatic rings. The van der Waals surface area contributed by atoms with Crippen molar-refractivity contribution in [3.8, 4) is 0 Å². The predicted molar refractivity (Wildman–Crippen MR) is 22.0 cm³/mol. The zero-order valence-corrected chi connectivity index (χ0v) is 6.25. The van der Waals surface area contributed by atoms with Gasteiger partial charge in [0, 0.05) is 29.3 Å². The minimum Gasteiger partial charge on any atom is -0.435 e. The molecule has 0 bridgehead atoms. The summed E-state index contributed by atoms with van der Waals surface area (Å²) in [6.45, 7) is 4.48. The maximum Gasteiger partial charge on any atom is 0.307 e. The monoisotopic (exact) mass is 179 g/mol. The molecule has 1 radical (unpaired) electrons. The molecular weight excluding hydrogens is 173 g/mol. The molecule has 0 atom stereocenters. The van der Waals surface area contributed by atoms with Crippen molar-refractivity contribution in [3.05, 3.63) is 12.8 Å². The van der Waals surface area contributed by atoms with Gasteiger partial charge in [-0.05, 0) is 0 Å². The topological polar surface area (TPSA) is 26.3 Å². The van der Waals surface area contributed by atoms with Gasteiger partial charge in [-0.15, -0.1) is 0 Å². The van der Waals surface area contributed by atoms with E-state index in [2.05, 4.69) is 11.3 Å². The third-order valence-electron chi connectivity index (χ3n) is 0.249. The van der Waals surface area contributed by atoms with E-state index in [-0.39, 0.29) is 28.3 Å². The second kappa shape index (κ2) is 5.95. The first kappa shape index (κ1) is 10.0. The summed E-state index contributed by atoms with van der Waals surface area (Å²) in [5.74, 6) is -0.329. The molecule has 39 valence electrons. The number of esters is 1. The van der Waals surface area contributed by atoms with Crippen LogP contribution < -0.4 is 0 Å². The summed E-state index contributed by atoms with van der Waals surface area (Å²) in [6, 6.07) is 0. The van der Waals surface area contributed by atoms with Crippen LogP contribution in [0.2, 0.25) is 0 Å². The molecule has 0 aromatic carbocycles. The number of ether oxygens (including phenoxy) is 1. The minimum atomic E-state index is -0.329. The van der Waals surface area contributed by atoms with Gasteiger partial charge in [-0.1, -0.05) is 6.58 Å². The maximum atomic E-state index is 9.75. The van der Waals surface area contributed by atoms with Crippen LogP contribution in [-0.2, 0) is 31.9 Å². The van der Waals surface area contributed by atoms with Gasteiger partial charge in [0.1, 0.15) is 0 Å². The van der Waals surface area contributed by atoms with Crippen molar-refractivity contribution in [2.24, 2.45) is 0 Å². The first-order chi connectivity index (χ1) is 2.77. The standard InChI is InChI=1S/C4H6O2.Nb/c1-3-6-4(2)5;/h3H,1H2,2H3;. The zero-order valence-electron chi connectivity index (χ0n) is 4.05. The summed E-state index contributed by atoms with van der Waals surface area (Å²) in [4.78, 5) is 9.75. The molecule has 0 amide bonds. The Morgan fingerprint density at radius 3 is 2.29 bits per heavy atom. The molecule has 2 nitrogen and oxygen atoms in total. The van der Waals surface area contributed by atoms with E-state index in [4.69, 9.17) is 0 Å². The Labute approximate surface area is 58.1 Å². The number of hydrogen-bond donors (Lipinski definition) is 0. The van der Waals surface area contributed by atoms with E-state index in [9.17, 15) is 4.79 Å². The first-order valence-corrected chi connectivity index (χ1v) is 1.55. The SMILES string of the molecule is C=COC(C)=O.[Nb]. The molecular formula is C4H6NbO2. The van der Waals surface area contributed by atoms with Gasteiger partial charge in [-0.3, -0.25) is 4.79 Å². The maximum absolute atomic E-state index is 9.75. The Morgan fingerprint density at radius 2 is 2.29 bits per heavy atom. The average Bonchev–Trinajstić information content (AvgIpc) is 1.35. The van der Waals surface area contributed by atoms with E-state index in [1.807, 2.05) is 0 Å². The molecule has 0 aliphatic heterocycles. The van der Waals surface area contributed by atoms with Crippen LogP contribution in [0.3, 0.4) is 0 Å². The van der Waals surface area contributed by atoms with E-state index in [0.717, 1.165) is 6.26 Å². The van der Waals surface area contributed by atoms with Gasteiger partial charge in [-0.25, -0.2) is 0 Å². The fourth-order valence-corrected chi connectivity index (χ4v) is 0.117. The van der Waals surface area contributed by atoms with Crippen LogP contribution >= 0.6 is 0 Å². The summed E-state index contributed by atoms with van der Waals surface area (Å²) in [7, 11) is 0. The van der Waals surface area contributed by atoms with Crippen LogP contribution in [0.5, 0.6) is 0 Å². The average molecular weight is 179 g/mol. The van der Waals surface area contributed by atoms with E-state index in [0.29, 0.717) is 0 Å². The molecule has 3 heteroatoms. The van der Waals surface area contributed by atoms with Crippen molar-refractivity contribution in [2.45, 2.75) is 6.92 Å². The smallest absolute Gasteiger partial charge is 0.307 e. The molecule has 0 fully saturated rings. The van der Waals surface area contributed by atoms with Crippen molar-refractivity contribution in [1.29, 1.82) is 0 Å². The third-order valence-corrected chi connectivity index (χ3v) is 0.249. The van der Waals surface area contributed by atoms with Crippen molar-refractivity contribution in [2.75, 3.05) is 0 Å².